The van der Waals surface area contributed by atoms with Crippen molar-refractivity contribution in [3.05, 3.63) is 35.5 Å². The number of carbonyl (C=O) groups is 2. The molecule has 200 valence electrons. The van der Waals surface area contributed by atoms with Crippen molar-refractivity contribution in [1.29, 1.82) is 0 Å². The highest BCUT2D eigenvalue weighted by Crippen LogP contribution is 2.73. The smallest absolute Gasteiger partial charge is 0.306 e. The van der Waals surface area contributed by atoms with Gasteiger partial charge in [-0.3, -0.25) is 9.59 Å². The van der Waals surface area contributed by atoms with E-state index in [1.807, 2.05) is 0 Å². The third kappa shape index (κ3) is 4.31. The van der Waals surface area contributed by atoms with E-state index in [0.717, 1.165) is 32.1 Å². The minimum atomic E-state index is -0.167. The van der Waals surface area contributed by atoms with Gasteiger partial charge in [0.25, 0.3) is 0 Å². The van der Waals surface area contributed by atoms with Crippen LogP contribution in [0.5, 0.6) is 0 Å². The summed E-state index contributed by atoms with van der Waals surface area (Å²) in [6.45, 7) is 18.1. The largest absolute Gasteiger partial charge is 0.465 e. The van der Waals surface area contributed by atoms with Crippen LogP contribution in [-0.4, -0.2) is 24.6 Å². The summed E-state index contributed by atoms with van der Waals surface area (Å²) in [7, 11) is 0. The molecule has 0 aromatic rings. The van der Waals surface area contributed by atoms with E-state index in [0.29, 0.717) is 30.8 Å². The van der Waals surface area contributed by atoms with Crippen molar-refractivity contribution in [2.75, 3.05) is 6.61 Å². The second kappa shape index (κ2) is 9.48. The Morgan fingerprint density at radius 2 is 1.69 bits per heavy atom. The van der Waals surface area contributed by atoms with E-state index in [-0.39, 0.29) is 39.7 Å². The third-order valence-corrected chi connectivity index (χ3v) is 11.1. The molecule has 0 unspecified atom stereocenters. The van der Waals surface area contributed by atoms with E-state index in [2.05, 4.69) is 72.8 Å². The highest BCUT2D eigenvalue weighted by molar-refractivity contribution is 5.73. The average molecular weight is 497 g/mol. The van der Waals surface area contributed by atoms with Gasteiger partial charge in [-0.1, -0.05) is 63.1 Å². The molecule has 1 saturated heterocycles. The van der Waals surface area contributed by atoms with Crippen LogP contribution in [0.3, 0.4) is 0 Å². The van der Waals surface area contributed by atoms with E-state index in [1.165, 1.54) is 24.5 Å². The average Bonchev–Trinajstić information content (AvgIpc) is 3.16. The molecule has 4 nitrogen and oxygen atoms in total. The lowest BCUT2D eigenvalue weighted by Gasteiger charge is -2.69. The Hall–Kier alpha value is -1.84. The summed E-state index contributed by atoms with van der Waals surface area (Å²) in [5.74, 6) is 1.17. The zero-order chi connectivity index (χ0) is 26.5. The molecule has 3 saturated carbocycles. The van der Waals surface area contributed by atoms with Crippen LogP contribution in [0, 0.1) is 39.4 Å². The van der Waals surface area contributed by atoms with Gasteiger partial charge in [-0.05, 0) is 87.9 Å². The molecule has 1 aliphatic heterocycles. The summed E-state index contributed by atoms with van der Waals surface area (Å²) in [4.78, 5) is 24.6. The van der Waals surface area contributed by atoms with Gasteiger partial charge < -0.3 is 9.47 Å². The summed E-state index contributed by atoms with van der Waals surface area (Å²) < 4.78 is 11.7. The fraction of sp³-hybridized carbons (Fsp3) is 0.750. The predicted octanol–water partition coefficient (Wildman–Crippen LogP) is 7.59. The number of fused-ring (bicyclic) bond motifs is 4. The van der Waals surface area contributed by atoms with Crippen LogP contribution in [0.4, 0.5) is 0 Å². The summed E-state index contributed by atoms with van der Waals surface area (Å²) in [5.41, 5.74) is 2.55. The molecule has 7 atom stereocenters. The van der Waals surface area contributed by atoms with Crippen molar-refractivity contribution >= 4 is 11.9 Å². The molecule has 36 heavy (non-hydrogen) atoms. The summed E-state index contributed by atoms with van der Waals surface area (Å²) >= 11 is 0. The Morgan fingerprint density at radius 3 is 2.31 bits per heavy atom. The molecule has 0 bridgehead atoms. The number of ether oxygens (including phenoxy) is 2. The molecule has 4 fully saturated rings. The van der Waals surface area contributed by atoms with Crippen LogP contribution in [0.2, 0.25) is 0 Å². The van der Waals surface area contributed by atoms with E-state index >= 15 is 0 Å². The number of carbonyl (C=O) groups excluding carboxylic acids is 2. The lowest BCUT2D eigenvalue weighted by atomic mass is 9.35. The molecular weight excluding hydrogens is 448 g/mol. The molecule has 3 aliphatic carbocycles. The maximum atomic E-state index is 12.7. The van der Waals surface area contributed by atoms with Gasteiger partial charge >= 0.3 is 11.9 Å². The second-order valence-electron chi connectivity index (χ2n) is 13.7. The first kappa shape index (κ1) is 27.2. The second-order valence-corrected chi connectivity index (χ2v) is 13.7. The van der Waals surface area contributed by atoms with Crippen molar-refractivity contribution in [3.8, 4) is 0 Å². The maximum absolute atomic E-state index is 12.7. The molecule has 4 heteroatoms. The van der Waals surface area contributed by atoms with E-state index in [9.17, 15) is 9.59 Å². The normalized spacial score (nSPS) is 42.0. The Kier molecular flexibility index (Phi) is 7.16. The number of allylic oxidation sites excluding steroid dienone is 6. The molecule has 0 aromatic heterocycles. The van der Waals surface area contributed by atoms with E-state index in [1.54, 1.807) is 0 Å². The molecule has 4 aliphatic rings. The van der Waals surface area contributed by atoms with Crippen molar-refractivity contribution < 1.29 is 19.1 Å². The molecule has 0 N–H and O–H groups in total. The minimum absolute atomic E-state index is 0.0164. The van der Waals surface area contributed by atoms with Gasteiger partial charge in [0.1, 0.15) is 6.10 Å². The molecular formula is C32H48O4. The lowest BCUT2D eigenvalue weighted by molar-refractivity contribution is -0.227. The Bertz CT molecular complexity index is 982. The number of cyclic esters (lactones) is 1. The van der Waals surface area contributed by atoms with Crippen molar-refractivity contribution in [2.24, 2.45) is 39.4 Å². The maximum Gasteiger partial charge on any atom is 0.306 e. The Morgan fingerprint density at radius 1 is 0.972 bits per heavy atom. The first-order valence-corrected chi connectivity index (χ1v) is 14.1. The van der Waals surface area contributed by atoms with Crippen LogP contribution in [0.1, 0.15) is 100 Å². The first-order chi connectivity index (χ1) is 16.8. The van der Waals surface area contributed by atoms with E-state index in [4.69, 9.17) is 9.47 Å². The van der Waals surface area contributed by atoms with Gasteiger partial charge in [0, 0.05) is 17.8 Å². The van der Waals surface area contributed by atoms with E-state index < -0.39 is 0 Å². The van der Waals surface area contributed by atoms with Gasteiger partial charge in [0.05, 0.1) is 13.0 Å². The van der Waals surface area contributed by atoms with Crippen LogP contribution in [0.15, 0.2) is 35.5 Å². The van der Waals surface area contributed by atoms with Gasteiger partial charge in [0.2, 0.25) is 0 Å². The fourth-order valence-electron chi connectivity index (χ4n) is 9.41. The number of hydrogen-bond donors (Lipinski definition) is 0. The monoisotopic (exact) mass is 496 g/mol. The van der Waals surface area contributed by atoms with Crippen LogP contribution in [0.25, 0.3) is 0 Å². The lowest BCUT2D eigenvalue weighted by Crippen LogP contribution is -2.65. The van der Waals surface area contributed by atoms with Gasteiger partial charge in [-0.2, -0.15) is 0 Å². The summed E-state index contributed by atoms with van der Waals surface area (Å²) in [6.07, 6.45) is 15.9. The molecule has 4 rings (SSSR count). The SMILES string of the molecule is CC(=O)O[C@H]1CC[C@]2(C)[C@H]3CC[C@H](/C=C(C)/C=C/C=C(C)C)[C@]4(COC(=O)C4)[C@]3(C)CC[C@H]2C1(C)C. The van der Waals surface area contributed by atoms with Crippen molar-refractivity contribution in [1.82, 2.24) is 0 Å². The van der Waals surface area contributed by atoms with Crippen LogP contribution < -0.4 is 0 Å². The number of hydrogen-bond acceptors (Lipinski definition) is 4. The predicted molar refractivity (Wildman–Crippen MR) is 144 cm³/mol. The standard InChI is InChI=1S/C32H48O4/c1-21(2)10-9-11-22(3)18-24-12-13-26-30(7)16-15-27(36-23(4)33)29(5,6)25(30)14-17-31(26,8)32(24)19-28(34)35-20-32/h9-11,18,24-27H,12-17,19-20H2,1-8H3/b11-9+,22-18+/t24-,25+,26-,27+,30+,31-,32+/m1/s1. The highest BCUT2D eigenvalue weighted by atomic mass is 16.5. The zero-order valence-electron chi connectivity index (χ0n) is 23.9. The van der Waals surface area contributed by atoms with Crippen LogP contribution >= 0.6 is 0 Å². The third-order valence-electron chi connectivity index (χ3n) is 11.1. The van der Waals surface area contributed by atoms with Gasteiger partial charge in [0.15, 0.2) is 0 Å². The van der Waals surface area contributed by atoms with Crippen LogP contribution in [-0.2, 0) is 19.1 Å². The highest BCUT2D eigenvalue weighted by Gasteiger charge is 2.69. The molecule has 1 heterocycles. The topological polar surface area (TPSA) is 52.6 Å². The Balaban J connectivity index is 1.70. The number of rotatable bonds is 4. The van der Waals surface area contributed by atoms with Gasteiger partial charge in [-0.25, -0.2) is 0 Å². The first-order valence-electron chi connectivity index (χ1n) is 14.1. The van der Waals surface area contributed by atoms with Gasteiger partial charge in [-0.15, -0.1) is 0 Å². The Labute approximate surface area is 219 Å². The molecule has 0 amide bonds. The fourth-order valence-corrected chi connectivity index (χ4v) is 9.41. The number of esters is 2. The molecule has 1 spiro atoms. The minimum Gasteiger partial charge on any atom is -0.465 e. The zero-order valence-corrected chi connectivity index (χ0v) is 23.9. The van der Waals surface area contributed by atoms with Crippen molar-refractivity contribution in [2.45, 2.75) is 106 Å². The van der Waals surface area contributed by atoms with Crippen molar-refractivity contribution in [3.63, 3.8) is 0 Å². The molecule has 0 aromatic carbocycles. The molecule has 0 radical (unpaired) electrons. The summed E-state index contributed by atoms with van der Waals surface area (Å²) in [5, 5.41) is 0. The summed E-state index contributed by atoms with van der Waals surface area (Å²) in [6, 6.07) is 0. The quantitative estimate of drug-likeness (QED) is 0.297.